The molecular weight excluding hydrogens is 439 g/mol. The molecule has 174 valence electrons. The Hall–Kier alpha value is -4.27. The maximum atomic E-state index is 13.3. The zero-order valence-corrected chi connectivity index (χ0v) is 18.4. The fourth-order valence-electron chi connectivity index (χ4n) is 3.78. The Morgan fingerprint density at radius 2 is 1.88 bits per heavy atom. The molecule has 2 unspecified atom stereocenters. The highest BCUT2D eigenvalue weighted by molar-refractivity contribution is 5.90. The van der Waals surface area contributed by atoms with Gasteiger partial charge in [0.2, 0.25) is 11.8 Å². The minimum absolute atomic E-state index is 0.0582. The van der Waals surface area contributed by atoms with Crippen LogP contribution >= 0.6 is 0 Å². The highest BCUT2D eigenvalue weighted by Gasteiger charge is 2.47. The minimum Gasteiger partial charge on any atom is -0.438 e. The summed E-state index contributed by atoms with van der Waals surface area (Å²) in [6, 6.07) is 16.9. The average Bonchev–Trinajstić information content (AvgIpc) is 3.15. The first-order valence-corrected chi connectivity index (χ1v) is 10.7. The second-order valence-corrected chi connectivity index (χ2v) is 7.85. The van der Waals surface area contributed by atoms with Crippen LogP contribution in [-0.4, -0.2) is 33.8 Å². The first kappa shape index (κ1) is 22.9. The lowest BCUT2D eigenvalue weighted by atomic mass is 10.00. The van der Waals surface area contributed by atoms with E-state index in [-0.39, 0.29) is 19.0 Å². The van der Waals surface area contributed by atoms with E-state index in [9.17, 15) is 18.8 Å². The predicted octanol–water partition coefficient (Wildman–Crippen LogP) is 3.56. The highest BCUT2D eigenvalue weighted by Crippen LogP contribution is 2.35. The summed E-state index contributed by atoms with van der Waals surface area (Å²) in [6.45, 7) is 1.62. The van der Waals surface area contributed by atoms with E-state index >= 15 is 0 Å². The molecule has 3 aromatic rings. The number of hydrogen-bond donors (Lipinski definition) is 2. The molecule has 0 aliphatic carbocycles. The van der Waals surface area contributed by atoms with Crippen LogP contribution in [0, 0.1) is 5.82 Å². The number of carbonyl (C=O) groups is 3. The van der Waals surface area contributed by atoms with Crippen molar-refractivity contribution in [1.29, 1.82) is 0 Å². The van der Waals surface area contributed by atoms with Crippen LogP contribution in [0.4, 0.5) is 14.9 Å². The van der Waals surface area contributed by atoms with Gasteiger partial charge in [-0.25, -0.2) is 9.18 Å². The molecule has 3 amide bonds. The van der Waals surface area contributed by atoms with Gasteiger partial charge in [0.05, 0.1) is 18.8 Å². The van der Waals surface area contributed by atoms with Gasteiger partial charge < -0.3 is 15.4 Å². The normalized spacial score (nSPS) is 17.2. The summed E-state index contributed by atoms with van der Waals surface area (Å²) in [5.74, 6) is -1.07. The number of nitrogens with zero attached hydrogens (tertiary/aromatic N) is 2. The van der Waals surface area contributed by atoms with Gasteiger partial charge in [-0.1, -0.05) is 30.3 Å². The smallest absolute Gasteiger partial charge is 0.411 e. The molecule has 2 N–H and O–H groups in total. The van der Waals surface area contributed by atoms with E-state index in [4.69, 9.17) is 4.74 Å². The van der Waals surface area contributed by atoms with E-state index in [0.717, 1.165) is 0 Å². The number of aromatic nitrogens is 1. The van der Waals surface area contributed by atoms with E-state index < -0.39 is 30.0 Å². The molecule has 4 rings (SSSR count). The number of anilines is 1. The number of nitrogens with one attached hydrogen (secondary N) is 2. The Morgan fingerprint density at radius 1 is 1.09 bits per heavy atom. The molecular formula is C25H23FN4O4. The summed E-state index contributed by atoms with van der Waals surface area (Å²) >= 11 is 0. The Morgan fingerprint density at radius 3 is 2.59 bits per heavy atom. The number of rotatable bonds is 7. The van der Waals surface area contributed by atoms with E-state index in [1.807, 2.05) is 6.07 Å². The van der Waals surface area contributed by atoms with Gasteiger partial charge in [-0.15, -0.1) is 0 Å². The number of benzene rings is 2. The Labute approximate surface area is 195 Å². The fraction of sp³-hybridized carbons (Fsp3) is 0.200. The second kappa shape index (κ2) is 10.1. The maximum absolute atomic E-state index is 13.3. The molecule has 8 nitrogen and oxygen atoms in total. The number of hydrogen-bond acceptors (Lipinski definition) is 5. The monoisotopic (exact) mass is 462 g/mol. The standard InChI is InChI=1S/C25H23FN4O4/c1-16(31)29-20-7-4-5-18(13-20)23-22(24(32)28-14-21-6-2-3-12-27-21)30(25(33)34-23)15-17-8-10-19(26)11-9-17/h2-13,22-23H,14-15H2,1H3,(H,28,32)(H,29,31). The average molecular weight is 462 g/mol. The summed E-state index contributed by atoms with van der Waals surface area (Å²) in [5, 5.41) is 5.52. The lowest BCUT2D eigenvalue weighted by Gasteiger charge is -2.24. The molecule has 1 saturated heterocycles. The molecule has 0 spiro atoms. The summed E-state index contributed by atoms with van der Waals surface area (Å²) in [5.41, 5.74) is 2.38. The Kier molecular flexibility index (Phi) is 6.82. The van der Waals surface area contributed by atoms with Crippen molar-refractivity contribution in [2.45, 2.75) is 32.2 Å². The van der Waals surface area contributed by atoms with Gasteiger partial charge in [-0.05, 0) is 47.5 Å². The summed E-state index contributed by atoms with van der Waals surface area (Å²) < 4.78 is 19.0. The Balaban J connectivity index is 1.62. The minimum atomic E-state index is -0.992. The van der Waals surface area contributed by atoms with Crippen molar-refractivity contribution in [3.05, 3.63) is 95.6 Å². The SMILES string of the molecule is CC(=O)Nc1cccc(C2OC(=O)N(Cc3ccc(F)cc3)C2C(=O)NCc2ccccn2)c1. The van der Waals surface area contributed by atoms with Crippen LogP contribution in [0.1, 0.15) is 29.8 Å². The van der Waals surface area contributed by atoms with E-state index in [1.165, 1.54) is 24.0 Å². The van der Waals surface area contributed by atoms with Gasteiger partial charge in [-0.2, -0.15) is 0 Å². The molecule has 0 bridgehead atoms. The van der Waals surface area contributed by atoms with Crippen molar-refractivity contribution >= 4 is 23.6 Å². The summed E-state index contributed by atoms with van der Waals surface area (Å²) in [7, 11) is 0. The zero-order chi connectivity index (χ0) is 24.1. The third kappa shape index (κ3) is 5.37. The van der Waals surface area contributed by atoms with E-state index in [0.29, 0.717) is 22.5 Å². The topological polar surface area (TPSA) is 101 Å². The lowest BCUT2D eigenvalue weighted by molar-refractivity contribution is -0.126. The van der Waals surface area contributed by atoms with Crippen LogP contribution in [0.25, 0.3) is 0 Å². The largest absolute Gasteiger partial charge is 0.438 e. The number of pyridine rings is 1. The molecule has 2 aromatic carbocycles. The zero-order valence-electron chi connectivity index (χ0n) is 18.4. The van der Waals surface area contributed by atoms with Gasteiger partial charge in [0.25, 0.3) is 0 Å². The van der Waals surface area contributed by atoms with Crippen LogP contribution < -0.4 is 10.6 Å². The summed E-state index contributed by atoms with van der Waals surface area (Å²) in [6.07, 6.45) is 0.0450. The van der Waals surface area contributed by atoms with Crippen molar-refractivity contribution in [2.24, 2.45) is 0 Å². The number of cyclic esters (lactones) is 1. The predicted molar refractivity (Wildman–Crippen MR) is 122 cm³/mol. The molecule has 0 radical (unpaired) electrons. The van der Waals surface area contributed by atoms with Crippen LogP contribution in [0.15, 0.2) is 72.9 Å². The van der Waals surface area contributed by atoms with Crippen LogP contribution in [-0.2, 0) is 27.4 Å². The number of ether oxygens (including phenoxy) is 1. The van der Waals surface area contributed by atoms with E-state index in [2.05, 4.69) is 15.6 Å². The molecule has 2 heterocycles. The van der Waals surface area contributed by atoms with Crippen molar-refractivity contribution in [1.82, 2.24) is 15.2 Å². The molecule has 34 heavy (non-hydrogen) atoms. The maximum Gasteiger partial charge on any atom is 0.411 e. The fourth-order valence-corrected chi connectivity index (χ4v) is 3.78. The Bertz CT molecular complexity index is 1190. The molecule has 0 saturated carbocycles. The molecule has 1 aliphatic heterocycles. The van der Waals surface area contributed by atoms with Crippen molar-refractivity contribution in [3.63, 3.8) is 0 Å². The van der Waals surface area contributed by atoms with Gasteiger partial charge >= 0.3 is 6.09 Å². The second-order valence-electron chi connectivity index (χ2n) is 7.85. The molecule has 9 heteroatoms. The third-order valence-electron chi connectivity index (χ3n) is 5.33. The van der Waals surface area contributed by atoms with Crippen LogP contribution in [0.5, 0.6) is 0 Å². The molecule has 1 aliphatic rings. The third-order valence-corrected chi connectivity index (χ3v) is 5.33. The molecule has 1 fully saturated rings. The van der Waals surface area contributed by atoms with Gasteiger partial charge in [0.1, 0.15) is 5.82 Å². The van der Waals surface area contributed by atoms with E-state index in [1.54, 1.807) is 54.7 Å². The lowest BCUT2D eigenvalue weighted by Crippen LogP contribution is -2.46. The number of carbonyl (C=O) groups excluding carboxylic acids is 3. The summed E-state index contributed by atoms with van der Waals surface area (Å²) in [4.78, 5) is 43.2. The number of amides is 3. The van der Waals surface area contributed by atoms with Gasteiger partial charge in [0, 0.05) is 18.8 Å². The van der Waals surface area contributed by atoms with Crippen molar-refractivity contribution in [3.8, 4) is 0 Å². The quantitative estimate of drug-likeness (QED) is 0.559. The first-order chi connectivity index (χ1) is 16.4. The highest BCUT2D eigenvalue weighted by atomic mass is 19.1. The van der Waals surface area contributed by atoms with Crippen molar-refractivity contribution < 1.29 is 23.5 Å². The number of halogens is 1. The molecule has 1 aromatic heterocycles. The van der Waals surface area contributed by atoms with Crippen LogP contribution in [0.3, 0.4) is 0 Å². The van der Waals surface area contributed by atoms with Crippen molar-refractivity contribution in [2.75, 3.05) is 5.32 Å². The van der Waals surface area contributed by atoms with Gasteiger partial charge in [-0.3, -0.25) is 19.5 Å². The molecule has 2 atom stereocenters. The van der Waals surface area contributed by atoms with Gasteiger partial charge in [0.15, 0.2) is 12.1 Å². The van der Waals surface area contributed by atoms with Crippen LogP contribution in [0.2, 0.25) is 0 Å². The first-order valence-electron chi connectivity index (χ1n) is 10.7.